The predicted octanol–water partition coefficient (Wildman–Crippen LogP) is -8.74. The number of aromatic nitrogens is 3. The van der Waals surface area contributed by atoms with Gasteiger partial charge < -0.3 is 90.3 Å². The van der Waals surface area contributed by atoms with Crippen LogP contribution in [-0.2, 0) is 23.7 Å². The highest BCUT2D eigenvalue weighted by Crippen LogP contribution is 2.35. The van der Waals surface area contributed by atoms with E-state index in [9.17, 15) is 61.3 Å². The van der Waals surface area contributed by atoms with E-state index in [4.69, 9.17) is 23.7 Å². The summed E-state index contributed by atoms with van der Waals surface area (Å²) >= 11 is 0. The van der Waals surface area contributed by atoms with Crippen LogP contribution in [-0.4, -0.2) is 201 Å². The third-order valence-corrected chi connectivity index (χ3v) is 8.48. The molecule has 0 saturated carbocycles. The van der Waals surface area contributed by atoms with Gasteiger partial charge in [-0.05, 0) is 0 Å². The van der Waals surface area contributed by atoms with E-state index >= 15 is 0 Å². The summed E-state index contributed by atoms with van der Waals surface area (Å²) in [6, 6.07) is -0.797. The Bertz CT molecular complexity index is 1100. The Kier molecular flexibility index (Phi) is 11.0. The maximum Gasteiger partial charge on any atom is 0.187 e. The number of aliphatic hydroxyl groups excluding tert-OH is 12. The Labute approximate surface area is 254 Å². The fourth-order valence-corrected chi connectivity index (χ4v) is 5.81. The molecule has 1 aromatic heterocycles. The van der Waals surface area contributed by atoms with Gasteiger partial charge in [-0.3, -0.25) is 0 Å². The second-order valence-corrected chi connectivity index (χ2v) is 11.4. The predicted molar refractivity (Wildman–Crippen MR) is 137 cm³/mol. The van der Waals surface area contributed by atoms with Gasteiger partial charge in [0.1, 0.15) is 85.0 Å². The van der Waals surface area contributed by atoms with Crippen LogP contribution in [0, 0.1) is 0 Å². The fraction of sp³-hybridized carbons (Fsp3) is 0.917. The van der Waals surface area contributed by atoms with E-state index in [1.54, 1.807) is 0 Å². The molecule has 0 bridgehead atoms. The summed E-state index contributed by atoms with van der Waals surface area (Å²) in [5.41, 5.74) is 0.179. The Hall–Kier alpha value is -1.58. The zero-order valence-electron chi connectivity index (χ0n) is 23.5. The van der Waals surface area contributed by atoms with Crippen molar-refractivity contribution < 1.29 is 85.0 Å². The van der Waals surface area contributed by atoms with Gasteiger partial charge >= 0.3 is 0 Å². The van der Waals surface area contributed by atoms with E-state index in [2.05, 4.69) is 15.6 Å². The molecule has 5 rings (SSSR count). The van der Waals surface area contributed by atoms with Crippen molar-refractivity contribution in [1.29, 1.82) is 0 Å². The van der Waals surface area contributed by atoms with Crippen molar-refractivity contribution in [2.24, 2.45) is 0 Å². The Morgan fingerprint density at radius 2 is 1.20 bits per heavy atom. The number of aliphatic hydroxyl groups is 12. The maximum absolute atomic E-state index is 11.2. The molecule has 0 aromatic carbocycles. The number of β-amino-alcohol motifs (C(OH)–C–C–N with tert-alkyl or cyclic N) is 1. The average Bonchev–Trinajstić information content (AvgIpc) is 3.64. The molecule has 0 radical (unpaired) electrons. The van der Waals surface area contributed by atoms with Crippen LogP contribution in [0.25, 0.3) is 0 Å². The summed E-state index contributed by atoms with van der Waals surface area (Å²) in [4.78, 5) is 0. The van der Waals surface area contributed by atoms with Gasteiger partial charge in [0.15, 0.2) is 18.8 Å². The third-order valence-electron chi connectivity index (χ3n) is 8.48. The first-order chi connectivity index (χ1) is 21.4. The number of nitrogens with zero attached hydrogens (tertiary/aromatic N) is 3. The molecule has 4 fully saturated rings. The third kappa shape index (κ3) is 6.61. The maximum atomic E-state index is 11.2. The SMILES string of the molecule is OCC1O[C@@H](OC2C(O)[C@H](OC3C(O)[C@H](n4cc([C@@H]5NC[C@@H](O)[C@H]5O)nn4)OC(CO)[C@H]3O)OC(CO)[C@H]2O)C(O)C(O)[C@@H]1O. The smallest absolute Gasteiger partial charge is 0.187 e. The summed E-state index contributed by atoms with van der Waals surface area (Å²) < 4.78 is 28.7. The molecule has 4 saturated heterocycles. The molecule has 258 valence electrons. The van der Waals surface area contributed by atoms with E-state index in [1.165, 1.54) is 6.20 Å². The number of nitrogens with one attached hydrogen (secondary N) is 1. The van der Waals surface area contributed by atoms with Crippen LogP contribution >= 0.6 is 0 Å². The molecule has 9 unspecified atom stereocenters. The van der Waals surface area contributed by atoms with Crippen molar-refractivity contribution in [3.63, 3.8) is 0 Å². The van der Waals surface area contributed by atoms with Crippen molar-refractivity contribution in [3.8, 4) is 0 Å². The lowest BCUT2D eigenvalue weighted by Gasteiger charge is -2.48. The molecule has 0 amide bonds. The molecule has 0 spiro atoms. The van der Waals surface area contributed by atoms with E-state index in [0.29, 0.717) is 0 Å². The normalized spacial score (nSPS) is 49.3. The summed E-state index contributed by atoms with van der Waals surface area (Å²) in [5.74, 6) is 0. The monoisotopic (exact) mass is 656 g/mol. The van der Waals surface area contributed by atoms with Gasteiger partial charge in [-0.2, -0.15) is 0 Å². The molecular weight excluding hydrogens is 616 g/mol. The second-order valence-electron chi connectivity index (χ2n) is 11.4. The van der Waals surface area contributed by atoms with Crippen LogP contribution in [0.5, 0.6) is 0 Å². The molecule has 13 N–H and O–H groups in total. The minimum Gasteiger partial charge on any atom is -0.394 e. The zero-order valence-corrected chi connectivity index (χ0v) is 23.5. The quantitative estimate of drug-likeness (QED) is 0.117. The molecule has 21 nitrogen and oxygen atoms in total. The summed E-state index contributed by atoms with van der Waals surface area (Å²) in [7, 11) is 0. The zero-order chi connectivity index (χ0) is 32.7. The van der Waals surface area contributed by atoms with Crippen molar-refractivity contribution in [2.75, 3.05) is 26.4 Å². The van der Waals surface area contributed by atoms with E-state index < -0.39 is 130 Å². The highest BCUT2D eigenvalue weighted by Gasteiger charge is 2.54. The molecule has 5 heterocycles. The fourth-order valence-electron chi connectivity index (χ4n) is 5.81. The molecule has 21 heteroatoms. The first-order valence-electron chi connectivity index (χ1n) is 14.3. The largest absolute Gasteiger partial charge is 0.394 e. The van der Waals surface area contributed by atoms with E-state index in [0.717, 1.165) is 4.68 Å². The van der Waals surface area contributed by atoms with Crippen LogP contribution < -0.4 is 5.32 Å². The number of hydrogen-bond donors (Lipinski definition) is 13. The molecule has 4 aliphatic rings. The van der Waals surface area contributed by atoms with Crippen LogP contribution in [0.4, 0.5) is 0 Å². The van der Waals surface area contributed by atoms with Crippen molar-refractivity contribution in [3.05, 3.63) is 11.9 Å². The minimum absolute atomic E-state index is 0.0876. The Morgan fingerprint density at radius 3 is 1.76 bits per heavy atom. The van der Waals surface area contributed by atoms with Crippen molar-refractivity contribution in [1.82, 2.24) is 20.3 Å². The van der Waals surface area contributed by atoms with Crippen molar-refractivity contribution >= 4 is 0 Å². The molecule has 45 heavy (non-hydrogen) atoms. The highest BCUT2D eigenvalue weighted by molar-refractivity contribution is 5.09. The molecular formula is C24H40N4O17. The van der Waals surface area contributed by atoms with E-state index in [-0.39, 0.29) is 12.2 Å². The van der Waals surface area contributed by atoms with Gasteiger partial charge in [-0.25, -0.2) is 4.68 Å². The van der Waals surface area contributed by atoms with Gasteiger partial charge in [0.25, 0.3) is 0 Å². The lowest BCUT2D eigenvalue weighted by atomic mass is 9.95. The topological polar surface area (TPSA) is 332 Å². The summed E-state index contributed by atoms with van der Waals surface area (Å²) in [6.45, 7) is -2.31. The molecule has 1 aromatic rings. The lowest BCUT2D eigenvalue weighted by Crippen LogP contribution is -2.66. The van der Waals surface area contributed by atoms with Crippen LogP contribution in [0.15, 0.2) is 6.20 Å². The first-order valence-corrected chi connectivity index (χ1v) is 14.3. The number of rotatable bonds is 9. The standard InChI is InChI=1S/C24H40N4O17/c29-3-8-13(34)16(37)17(38)23(42-8)45-21-15(36)10(5-31)43-24(19(21)40)44-20-14(35)9(4-30)41-22(18(20)39)28-2-6(26-27-28)11-12(33)7(32)1-25-11/h2,7-25,29-40H,1,3-5H2/t7-,8?,9?,10?,11+,12-,13-,14-,15-,16?,17?,18?,19?,20?,21?,22-,23+,24+/m1/s1. The van der Waals surface area contributed by atoms with Gasteiger partial charge in [0, 0.05) is 6.54 Å². The summed E-state index contributed by atoms with van der Waals surface area (Å²) in [6.07, 6.45) is -26.5. The van der Waals surface area contributed by atoms with Gasteiger partial charge in [0.05, 0.1) is 38.2 Å². The lowest BCUT2D eigenvalue weighted by molar-refractivity contribution is -0.376. The summed E-state index contributed by atoms with van der Waals surface area (Å²) in [5, 5.41) is 134. The molecule has 18 atom stereocenters. The highest BCUT2D eigenvalue weighted by atomic mass is 16.7. The minimum atomic E-state index is -1.97. The number of hydrogen-bond acceptors (Lipinski definition) is 20. The average molecular weight is 657 g/mol. The van der Waals surface area contributed by atoms with Gasteiger partial charge in [-0.15, -0.1) is 5.10 Å². The number of ether oxygens (including phenoxy) is 5. The van der Waals surface area contributed by atoms with Crippen LogP contribution in [0.1, 0.15) is 18.0 Å². The molecule has 4 aliphatic heterocycles. The van der Waals surface area contributed by atoms with Gasteiger partial charge in [0.2, 0.25) is 0 Å². The van der Waals surface area contributed by atoms with Crippen LogP contribution in [0.3, 0.4) is 0 Å². The Balaban J connectivity index is 1.34. The second kappa shape index (κ2) is 14.3. The Morgan fingerprint density at radius 1 is 0.667 bits per heavy atom. The first kappa shape index (κ1) is 34.7. The van der Waals surface area contributed by atoms with Crippen LogP contribution in [0.2, 0.25) is 0 Å². The van der Waals surface area contributed by atoms with Gasteiger partial charge in [-0.1, -0.05) is 5.21 Å². The van der Waals surface area contributed by atoms with Crippen molar-refractivity contribution in [2.45, 2.75) is 110 Å². The molecule has 0 aliphatic carbocycles. The van der Waals surface area contributed by atoms with E-state index in [1.807, 2.05) is 0 Å².